The molecule has 10 heteroatoms. The minimum atomic E-state index is -0.340. The number of nitrogens with one attached hydrogen (secondary N) is 1. The fraction of sp³-hybridized carbons (Fsp3) is 0.136. The van der Waals surface area contributed by atoms with Gasteiger partial charge in [0.25, 0.3) is 5.91 Å². The molecule has 0 aliphatic heterocycles. The highest BCUT2D eigenvalue weighted by Gasteiger charge is 2.21. The molecule has 4 aromatic rings. The molecule has 2 heterocycles. The summed E-state index contributed by atoms with van der Waals surface area (Å²) in [6.45, 7) is 0. The standard InChI is InChI=1S/C22H20ClN7OS/c1-29(2)17-10-6-16(7-11-17)26-21(31)20-19(14-32-22-24-12-3-13-25-22)30(28-27-20)18-8-4-15(23)5-9-18/h3-13H,14H2,1-2H3,(H,26,31). The minimum absolute atomic E-state index is 0.236. The zero-order valence-electron chi connectivity index (χ0n) is 17.4. The van der Waals surface area contributed by atoms with Crippen LogP contribution in [0.5, 0.6) is 0 Å². The number of hydrogen-bond acceptors (Lipinski definition) is 7. The van der Waals surface area contributed by atoms with E-state index in [4.69, 9.17) is 11.6 Å². The van der Waals surface area contributed by atoms with Crippen molar-refractivity contribution in [2.45, 2.75) is 10.9 Å². The van der Waals surface area contributed by atoms with Gasteiger partial charge in [0.1, 0.15) is 0 Å². The first-order valence-corrected chi connectivity index (χ1v) is 11.1. The van der Waals surface area contributed by atoms with Gasteiger partial charge in [-0.1, -0.05) is 28.6 Å². The summed E-state index contributed by atoms with van der Waals surface area (Å²) in [6, 6.07) is 16.5. The Morgan fingerprint density at radius 1 is 1.06 bits per heavy atom. The highest BCUT2D eigenvalue weighted by Crippen LogP contribution is 2.24. The summed E-state index contributed by atoms with van der Waals surface area (Å²) in [5.41, 5.74) is 3.33. The molecule has 0 fully saturated rings. The predicted molar refractivity (Wildman–Crippen MR) is 127 cm³/mol. The van der Waals surface area contributed by atoms with Crippen LogP contribution in [0.15, 0.2) is 72.1 Å². The van der Waals surface area contributed by atoms with Crippen molar-refractivity contribution in [1.82, 2.24) is 25.0 Å². The first-order chi connectivity index (χ1) is 15.5. The summed E-state index contributed by atoms with van der Waals surface area (Å²) in [5.74, 6) is 0.0643. The third-order valence-electron chi connectivity index (χ3n) is 4.57. The zero-order valence-corrected chi connectivity index (χ0v) is 19.0. The quantitative estimate of drug-likeness (QED) is 0.321. The zero-order chi connectivity index (χ0) is 22.5. The lowest BCUT2D eigenvalue weighted by Gasteiger charge is -2.13. The molecule has 0 unspecified atom stereocenters. The number of benzene rings is 2. The average Bonchev–Trinajstić information content (AvgIpc) is 3.23. The summed E-state index contributed by atoms with van der Waals surface area (Å²) >= 11 is 7.42. The Morgan fingerprint density at radius 3 is 2.41 bits per heavy atom. The topological polar surface area (TPSA) is 88.8 Å². The SMILES string of the molecule is CN(C)c1ccc(NC(=O)c2nnn(-c3ccc(Cl)cc3)c2CSc2ncccn2)cc1. The van der Waals surface area contributed by atoms with Crippen molar-refractivity contribution in [2.24, 2.45) is 0 Å². The van der Waals surface area contributed by atoms with E-state index in [-0.39, 0.29) is 11.6 Å². The maximum atomic E-state index is 13.1. The Morgan fingerprint density at radius 2 is 1.75 bits per heavy atom. The third kappa shape index (κ3) is 5.06. The van der Waals surface area contributed by atoms with E-state index in [0.717, 1.165) is 11.4 Å². The van der Waals surface area contributed by atoms with E-state index in [1.807, 2.05) is 55.4 Å². The molecule has 2 aromatic carbocycles. The molecule has 8 nitrogen and oxygen atoms in total. The van der Waals surface area contributed by atoms with Gasteiger partial charge in [-0.25, -0.2) is 14.6 Å². The number of hydrogen-bond donors (Lipinski definition) is 1. The maximum absolute atomic E-state index is 13.1. The van der Waals surface area contributed by atoms with Crippen LogP contribution in [0, 0.1) is 0 Å². The maximum Gasteiger partial charge on any atom is 0.278 e. The molecule has 0 spiro atoms. The second-order valence-corrected chi connectivity index (χ2v) is 8.37. The number of anilines is 2. The number of carbonyl (C=O) groups is 1. The van der Waals surface area contributed by atoms with Crippen molar-refractivity contribution in [3.05, 3.63) is 83.4 Å². The van der Waals surface area contributed by atoms with Gasteiger partial charge in [-0.05, 0) is 54.6 Å². The van der Waals surface area contributed by atoms with E-state index in [9.17, 15) is 4.79 Å². The molecule has 0 saturated heterocycles. The molecule has 0 aliphatic rings. The normalized spacial score (nSPS) is 10.7. The van der Waals surface area contributed by atoms with Crippen molar-refractivity contribution in [2.75, 3.05) is 24.3 Å². The van der Waals surface area contributed by atoms with Gasteiger partial charge < -0.3 is 10.2 Å². The molecule has 162 valence electrons. The van der Waals surface area contributed by atoms with E-state index in [0.29, 0.717) is 27.3 Å². The molecule has 0 atom stereocenters. The Kier molecular flexibility index (Phi) is 6.67. The van der Waals surface area contributed by atoms with Crippen LogP contribution in [0.2, 0.25) is 5.02 Å². The number of carbonyl (C=O) groups excluding carboxylic acids is 1. The average molecular weight is 466 g/mol. The van der Waals surface area contributed by atoms with Crippen molar-refractivity contribution >= 4 is 40.6 Å². The van der Waals surface area contributed by atoms with Gasteiger partial charge in [0.2, 0.25) is 0 Å². The highest BCUT2D eigenvalue weighted by atomic mass is 35.5. The van der Waals surface area contributed by atoms with Crippen molar-refractivity contribution in [3.63, 3.8) is 0 Å². The lowest BCUT2D eigenvalue weighted by molar-refractivity contribution is 0.102. The van der Waals surface area contributed by atoms with Gasteiger partial charge in [0, 0.05) is 48.6 Å². The van der Waals surface area contributed by atoms with Crippen molar-refractivity contribution < 1.29 is 4.79 Å². The molecule has 0 bridgehead atoms. The highest BCUT2D eigenvalue weighted by molar-refractivity contribution is 7.98. The van der Waals surface area contributed by atoms with Crippen LogP contribution in [0.3, 0.4) is 0 Å². The number of amides is 1. The Bertz CT molecular complexity index is 1200. The number of aromatic nitrogens is 5. The largest absolute Gasteiger partial charge is 0.378 e. The van der Waals surface area contributed by atoms with Crippen LogP contribution < -0.4 is 10.2 Å². The fourth-order valence-corrected chi connectivity index (χ4v) is 3.84. The van der Waals surface area contributed by atoms with Crippen molar-refractivity contribution in [1.29, 1.82) is 0 Å². The third-order valence-corrected chi connectivity index (χ3v) is 5.71. The summed E-state index contributed by atoms with van der Waals surface area (Å²) < 4.78 is 1.64. The summed E-state index contributed by atoms with van der Waals surface area (Å²) in [6.07, 6.45) is 3.35. The molecule has 0 radical (unpaired) electrons. The first-order valence-electron chi connectivity index (χ1n) is 9.70. The fourth-order valence-electron chi connectivity index (χ4n) is 2.92. The second kappa shape index (κ2) is 9.80. The van der Waals surface area contributed by atoms with Gasteiger partial charge in [-0.15, -0.1) is 5.10 Å². The summed E-state index contributed by atoms with van der Waals surface area (Å²) in [4.78, 5) is 23.5. The Hall–Kier alpha value is -3.43. The molecule has 4 rings (SSSR count). The van der Waals surface area contributed by atoms with E-state index < -0.39 is 0 Å². The van der Waals surface area contributed by atoms with Gasteiger partial charge in [-0.2, -0.15) is 0 Å². The van der Waals surface area contributed by atoms with Crippen LogP contribution in [0.1, 0.15) is 16.2 Å². The van der Waals surface area contributed by atoms with Gasteiger partial charge >= 0.3 is 0 Å². The molecule has 1 amide bonds. The van der Waals surface area contributed by atoms with E-state index in [1.165, 1.54) is 11.8 Å². The Labute approximate surface area is 194 Å². The van der Waals surface area contributed by atoms with Crippen LogP contribution in [-0.2, 0) is 5.75 Å². The number of thioether (sulfide) groups is 1. The van der Waals surface area contributed by atoms with Gasteiger partial charge in [0.15, 0.2) is 10.9 Å². The minimum Gasteiger partial charge on any atom is -0.378 e. The van der Waals surface area contributed by atoms with E-state index >= 15 is 0 Å². The summed E-state index contributed by atoms with van der Waals surface area (Å²) in [7, 11) is 3.92. The first kappa shape index (κ1) is 21.8. The molecule has 0 aliphatic carbocycles. The van der Waals surface area contributed by atoms with Gasteiger partial charge in [-0.3, -0.25) is 4.79 Å². The molecule has 1 N–H and O–H groups in total. The predicted octanol–water partition coefficient (Wildman–Crippen LogP) is 4.32. The second-order valence-electron chi connectivity index (χ2n) is 6.99. The monoisotopic (exact) mass is 465 g/mol. The molecule has 32 heavy (non-hydrogen) atoms. The molecule has 2 aromatic heterocycles. The van der Waals surface area contributed by atoms with Crippen molar-refractivity contribution in [3.8, 4) is 5.69 Å². The lowest BCUT2D eigenvalue weighted by Crippen LogP contribution is -2.15. The van der Waals surface area contributed by atoms with Crippen LogP contribution in [-0.4, -0.2) is 45.0 Å². The van der Waals surface area contributed by atoms with Crippen LogP contribution >= 0.6 is 23.4 Å². The van der Waals surface area contributed by atoms with Crippen LogP contribution in [0.4, 0.5) is 11.4 Å². The number of halogens is 1. The van der Waals surface area contributed by atoms with Crippen LogP contribution in [0.25, 0.3) is 5.69 Å². The molecule has 0 saturated carbocycles. The van der Waals surface area contributed by atoms with E-state index in [2.05, 4.69) is 25.6 Å². The summed E-state index contributed by atoms with van der Waals surface area (Å²) in [5, 5.41) is 12.5. The molecular formula is C22H20ClN7OS. The van der Waals surface area contributed by atoms with E-state index in [1.54, 1.807) is 35.3 Å². The van der Waals surface area contributed by atoms with Gasteiger partial charge in [0.05, 0.1) is 11.4 Å². The number of rotatable bonds is 7. The lowest BCUT2D eigenvalue weighted by atomic mass is 10.2. The molecular weight excluding hydrogens is 446 g/mol. The number of nitrogens with zero attached hydrogens (tertiary/aromatic N) is 6. The smallest absolute Gasteiger partial charge is 0.278 e. The Balaban J connectivity index is 1.62.